The summed E-state index contributed by atoms with van der Waals surface area (Å²) in [6, 6.07) is 14.5. The molecule has 25 heavy (non-hydrogen) atoms. The third-order valence-electron chi connectivity index (χ3n) is 4.45. The predicted molar refractivity (Wildman–Crippen MR) is 99.2 cm³/mol. The molecule has 0 amide bonds. The quantitative estimate of drug-likeness (QED) is 0.599. The van der Waals surface area contributed by atoms with Crippen LogP contribution in [0.1, 0.15) is 38.1 Å². The van der Waals surface area contributed by atoms with E-state index in [1.807, 2.05) is 35.0 Å². The summed E-state index contributed by atoms with van der Waals surface area (Å²) in [5.41, 5.74) is 1.46. The highest BCUT2D eigenvalue weighted by molar-refractivity contribution is 6.30. The first-order valence-electron chi connectivity index (χ1n) is 8.39. The summed E-state index contributed by atoms with van der Waals surface area (Å²) in [5.74, 6) is 1.46. The highest BCUT2D eigenvalue weighted by atomic mass is 35.5. The molecule has 3 aromatic rings. The molecule has 0 aliphatic heterocycles. The van der Waals surface area contributed by atoms with Gasteiger partial charge in [0.2, 0.25) is 0 Å². The average Bonchev–Trinajstić information content (AvgIpc) is 3.00. The number of nitrogens with zero attached hydrogens (tertiary/aromatic N) is 3. The Bertz CT molecular complexity index is 859. The van der Waals surface area contributed by atoms with Crippen molar-refractivity contribution in [3.63, 3.8) is 0 Å². The summed E-state index contributed by atoms with van der Waals surface area (Å²) in [6.07, 6.45) is 0. The maximum Gasteiger partial charge on any atom is 0.184 e. The van der Waals surface area contributed by atoms with Crippen LogP contribution in [-0.4, -0.2) is 14.8 Å². The summed E-state index contributed by atoms with van der Waals surface area (Å²) in [4.78, 5) is 4.65. The number of halogens is 2. The molecule has 0 radical (unpaired) electrons. The van der Waals surface area contributed by atoms with E-state index in [-0.39, 0.29) is 11.7 Å². The van der Waals surface area contributed by atoms with E-state index in [1.54, 1.807) is 6.07 Å². The van der Waals surface area contributed by atoms with Crippen LogP contribution in [0.25, 0.3) is 11.4 Å². The molecule has 3 nitrogen and oxygen atoms in total. The number of hydrogen-bond acceptors (Lipinski definition) is 2. The second-order valence-electron chi connectivity index (χ2n) is 6.59. The molecule has 0 saturated heterocycles. The molecule has 0 spiro atoms. The van der Waals surface area contributed by atoms with Crippen LogP contribution in [0.4, 0.5) is 4.39 Å². The first kappa shape index (κ1) is 17.6. The van der Waals surface area contributed by atoms with Crippen molar-refractivity contribution in [2.45, 2.75) is 33.2 Å². The lowest BCUT2D eigenvalue weighted by atomic mass is 9.97. The lowest BCUT2D eigenvalue weighted by Gasteiger charge is -2.15. The SMILES string of the molecule is CC(C)[C@@H](C)c1nc(-c2cc(Cl)ccc2F)nn1Cc1ccccc1. The lowest BCUT2D eigenvalue weighted by molar-refractivity contribution is 0.477. The molecule has 5 heteroatoms. The Hall–Kier alpha value is -2.20. The van der Waals surface area contributed by atoms with Gasteiger partial charge in [0, 0.05) is 10.9 Å². The molecule has 0 saturated carbocycles. The Labute approximate surface area is 152 Å². The molecule has 130 valence electrons. The van der Waals surface area contributed by atoms with Crippen LogP contribution in [0, 0.1) is 11.7 Å². The van der Waals surface area contributed by atoms with Crippen LogP contribution in [0.5, 0.6) is 0 Å². The molecule has 0 unspecified atom stereocenters. The zero-order chi connectivity index (χ0) is 18.0. The van der Waals surface area contributed by atoms with Gasteiger partial charge < -0.3 is 0 Å². The minimum Gasteiger partial charge on any atom is -0.245 e. The van der Waals surface area contributed by atoms with Crippen LogP contribution >= 0.6 is 11.6 Å². The van der Waals surface area contributed by atoms with E-state index < -0.39 is 0 Å². The molecular weight excluding hydrogens is 337 g/mol. The minimum atomic E-state index is -0.370. The van der Waals surface area contributed by atoms with E-state index in [0.717, 1.165) is 11.4 Å². The Morgan fingerprint density at radius 2 is 1.80 bits per heavy atom. The van der Waals surface area contributed by atoms with E-state index in [4.69, 9.17) is 11.6 Å². The number of rotatable bonds is 5. The van der Waals surface area contributed by atoms with Gasteiger partial charge in [0.05, 0.1) is 12.1 Å². The van der Waals surface area contributed by atoms with Gasteiger partial charge in [0.25, 0.3) is 0 Å². The molecule has 0 aliphatic carbocycles. The number of benzene rings is 2. The Morgan fingerprint density at radius 3 is 2.48 bits per heavy atom. The Balaban J connectivity index is 2.06. The monoisotopic (exact) mass is 357 g/mol. The van der Waals surface area contributed by atoms with Crippen molar-refractivity contribution in [3.05, 3.63) is 70.8 Å². The van der Waals surface area contributed by atoms with Crippen molar-refractivity contribution in [2.75, 3.05) is 0 Å². The van der Waals surface area contributed by atoms with Crippen molar-refractivity contribution >= 4 is 11.6 Å². The van der Waals surface area contributed by atoms with Gasteiger partial charge in [0.1, 0.15) is 11.6 Å². The van der Waals surface area contributed by atoms with Crippen LogP contribution in [-0.2, 0) is 6.54 Å². The highest BCUT2D eigenvalue weighted by Gasteiger charge is 2.21. The van der Waals surface area contributed by atoms with Gasteiger partial charge in [-0.05, 0) is 29.7 Å². The van der Waals surface area contributed by atoms with E-state index in [1.165, 1.54) is 12.1 Å². The third-order valence-corrected chi connectivity index (χ3v) is 4.69. The maximum absolute atomic E-state index is 14.2. The second-order valence-corrected chi connectivity index (χ2v) is 7.03. The van der Waals surface area contributed by atoms with Gasteiger partial charge in [0.15, 0.2) is 5.82 Å². The van der Waals surface area contributed by atoms with Gasteiger partial charge >= 0.3 is 0 Å². The molecule has 3 rings (SSSR count). The molecule has 1 heterocycles. The van der Waals surface area contributed by atoms with Gasteiger partial charge in [-0.3, -0.25) is 0 Å². The topological polar surface area (TPSA) is 30.7 Å². The second kappa shape index (κ2) is 7.36. The van der Waals surface area contributed by atoms with E-state index in [2.05, 4.69) is 30.9 Å². The zero-order valence-electron chi connectivity index (χ0n) is 14.6. The fraction of sp³-hybridized carbons (Fsp3) is 0.300. The van der Waals surface area contributed by atoms with Crippen LogP contribution in [0.3, 0.4) is 0 Å². The summed E-state index contributed by atoms with van der Waals surface area (Å²) < 4.78 is 16.1. The fourth-order valence-corrected chi connectivity index (χ4v) is 2.82. The van der Waals surface area contributed by atoms with Gasteiger partial charge in [-0.2, -0.15) is 5.10 Å². The van der Waals surface area contributed by atoms with Crippen molar-refractivity contribution in [3.8, 4) is 11.4 Å². The van der Waals surface area contributed by atoms with Crippen LogP contribution in [0.15, 0.2) is 48.5 Å². The molecule has 2 aromatic carbocycles. The molecule has 1 atom stereocenters. The molecule has 0 aliphatic rings. The Morgan fingerprint density at radius 1 is 1.08 bits per heavy atom. The smallest absolute Gasteiger partial charge is 0.184 e. The van der Waals surface area contributed by atoms with Gasteiger partial charge in [-0.15, -0.1) is 0 Å². The first-order valence-corrected chi connectivity index (χ1v) is 8.77. The fourth-order valence-electron chi connectivity index (χ4n) is 2.64. The summed E-state index contributed by atoms with van der Waals surface area (Å²) in [6.45, 7) is 7.01. The van der Waals surface area contributed by atoms with Gasteiger partial charge in [-0.1, -0.05) is 62.7 Å². The summed E-state index contributed by atoms with van der Waals surface area (Å²) >= 11 is 6.03. The lowest BCUT2D eigenvalue weighted by Crippen LogP contribution is -2.13. The van der Waals surface area contributed by atoms with Crippen LogP contribution < -0.4 is 0 Å². The van der Waals surface area contributed by atoms with Crippen molar-refractivity contribution in [1.29, 1.82) is 0 Å². The van der Waals surface area contributed by atoms with Gasteiger partial charge in [-0.25, -0.2) is 14.1 Å². The van der Waals surface area contributed by atoms with E-state index >= 15 is 0 Å². The number of hydrogen-bond donors (Lipinski definition) is 0. The average molecular weight is 358 g/mol. The molecule has 1 aromatic heterocycles. The zero-order valence-corrected chi connectivity index (χ0v) is 15.3. The van der Waals surface area contributed by atoms with E-state index in [0.29, 0.717) is 28.9 Å². The van der Waals surface area contributed by atoms with E-state index in [9.17, 15) is 4.39 Å². The van der Waals surface area contributed by atoms with Crippen molar-refractivity contribution < 1.29 is 4.39 Å². The minimum absolute atomic E-state index is 0.201. The maximum atomic E-state index is 14.2. The molecule has 0 fully saturated rings. The van der Waals surface area contributed by atoms with Crippen LogP contribution in [0.2, 0.25) is 5.02 Å². The molecule has 0 bridgehead atoms. The standard InChI is InChI=1S/C20H21ClFN3/c1-13(2)14(3)20-23-19(17-11-16(21)9-10-18(17)22)24-25(20)12-15-7-5-4-6-8-15/h4-11,13-14H,12H2,1-3H3/t14-/m1/s1. The van der Waals surface area contributed by atoms with Crippen molar-refractivity contribution in [1.82, 2.24) is 14.8 Å². The molecular formula is C20H21ClFN3. The van der Waals surface area contributed by atoms with Crippen molar-refractivity contribution in [2.24, 2.45) is 5.92 Å². The first-order chi connectivity index (χ1) is 12.0. The highest BCUT2D eigenvalue weighted by Crippen LogP contribution is 2.28. The summed E-state index contributed by atoms with van der Waals surface area (Å²) in [5, 5.41) is 5.05. The number of aromatic nitrogens is 3. The predicted octanol–water partition coefficient (Wildman–Crippen LogP) is 5.55. The largest absolute Gasteiger partial charge is 0.245 e. The third kappa shape index (κ3) is 3.90. The Kier molecular flexibility index (Phi) is 5.19. The molecule has 0 N–H and O–H groups in total. The normalized spacial score (nSPS) is 12.6. The summed E-state index contributed by atoms with van der Waals surface area (Å²) in [7, 11) is 0.